The number of carbonyl (C=O) groups is 1. The summed E-state index contributed by atoms with van der Waals surface area (Å²) < 4.78 is 15.4. The average Bonchev–Trinajstić information content (AvgIpc) is 2.60. The lowest BCUT2D eigenvalue weighted by Crippen LogP contribution is -2.01. The Morgan fingerprint density at radius 2 is 1.62 bits per heavy atom. The number of carboxylic acids is 1. The third-order valence-electron chi connectivity index (χ3n) is 3.47. The molecule has 0 aromatic heterocycles. The topological polar surface area (TPSA) is 85.2 Å². The maximum atomic E-state index is 11.7. The van der Waals surface area contributed by atoms with E-state index >= 15 is 0 Å². The number of phenolic OH excluding ortho intramolecular Hbond substituents is 1. The Morgan fingerprint density at radius 1 is 0.958 bits per heavy atom. The van der Waals surface area contributed by atoms with E-state index < -0.39 is 5.97 Å². The van der Waals surface area contributed by atoms with Crippen molar-refractivity contribution in [2.75, 3.05) is 21.3 Å². The lowest BCUT2D eigenvalue weighted by atomic mass is 10.0. The molecule has 0 saturated carbocycles. The molecule has 0 radical (unpaired) electrons. The Bertz CT molecular complexity index is 779. The largest absolute Gasteiger partial charge is 0.504 e. The minimum absolute atomic E-state index is 0.000457. The van der Waals surface area contributed by atoms with Crippen LogP contribution in [0.4, 0.5) is 0 Å². The van der Waals surface area contributed by atoms with Gasteiger partial charge in [-0.15, -0.1) is 0 Å². The molecule has 0 amide bonds. The van der Waals surface area contributed by atoms with E-state index in [1.54, 1.807) is 36.4 Å². The molecule has 24 heavy (non-hydrogen) atoms. The molecule has 0 unspecified atom stereocenters. The molecule has 2 aromatic rings. The van der Waals surface area contributed by atoms with E-state index in [4.69, 9.17) is 14.2 Å². The van der Waals surface area contributed by atoms with E-state index in [9.17, 15) is 15.0 Å². The zero-order chi connectivity index (χ0) is 17.7. The molecule has 0 heterocycles. The summed E-state index contributed by atoms with van der Waals surface area (Å²) in [5, 5.41) is 19.7. The van der Waals surface area contributed by atoms with E-state index in [0.717, 1.165) is 0 Å². The van der Waals surface area contributed by atoms with Gasteiger partial charge in [0.05, 0.1) is 26.9 Å². The minimum Gasteiger partial charge on any atom is -0.504 e. The third-order valence-corrected chi connectivity index (χ3v) is 3.47. The van der Waals surface area contributed by atoms with Crippen LogP contribution in [0.15, 0.2) is 36.4 Å². The van der Waals surface area contributed by atoms with Crippen LogP contribution in [0.5, 0.6) is 23.0 Å². The van der Waals surface area contributed by atoms with Crippen LogP contribution in [0.1, 0.15) is 11.1 Å². The molecule has 0 atom stereocenters. The number of rotatable bonds is 6. The van der Waals surface area contributed by atoms with Gasteiger partial charge >= 0.3 is 5.97 Å². The number of para-hydroxylation sites is 1. The van der Waals surface area contributed by atoms with Crippen molar-refractivity contribution in [2.45, 2.75) is 0 Å². The molecule has 0 aliphatic carbocycles. The van der Waals surface area contributed by atoms with Gasteiger partial charge in [-0.25, -0.2) is 4.79 Å². The van der Waals surface area contributed by atoms with Gasteiger partial charge in [0, 0.05) is 5.56 Å². The molecule has 0 spiro atoms. The van der Waals surface area contributed by atoms with Crippen molar-refractivity contribution >= 4 is 17.6 Å². The predicted octanol–water partition coefficient (Wildman–Crippen LogP) is 3.04. The van der Waals surface area contributed by atoms with Crippen LogP contribution in [0.3, 0.4) is 0 Å². The fraction of sp³-hybridized carbons (Fsp3) is 0.167. The highest BCUT2D eigenvalue weighted by molar-refractivity contribution is 6.21. The molecule has 0 aliphatic rings. The van der Waals surface area contributed by atoms with Crippen molar-refractivity contribution in [3.63, 3.8) is 0 Å². The Kier molecular flexibility index (Phi) is 5.31. The molecule has 0 saturated heterocycles. The number of aliphatic carboxylic acids is 1. The van der Waals surface area contributed by atoms with Crippen molar-refractivity contribution in [1.82, 2.24) is 0 Å². The van der Waals surface area contributed by atoms with Crippen LogP contribution in [-0.4, -0.2) is 37.5 Å². The van der Waals surface area contributed by atoms with E-state index in [1.165, 1.54) is 27.4 Å². The summed E-state index contributed by atoms with van der Waals surface area (Å²) in [6.45, 7) is 0. The number of hydrogen-bond acceptors (Lipinski definition) is 5. The third kappa shape index (κ3) is 3.43. The van der Waals surface area contributed by atoms with Gasteiger partial charge in [-0.2, -0.15) is 0 Å². The second-order valence-corrected chi connectivity index (χ2v) is 4.83. The number of benzene rings is 2. The second kappa shape index (κ2) is 7.41. The van der Waals surface area contributed by atoms with Crippen molar-refractivity contribution in [1.29, 1.82) is 0 Å². The highest BCUT2D eigenvalue weighted by Gasteiger charge is 2.15. The maximum absolute atomic E-state index is 11.7. The van der Waals surface area contributed by atoms with Gasteiger partial charge in [0.15, 0.2) is 23.0 Å². The zero-order valence-corrected chi connectivity index (χ0v) is 13.6. The lowest BCUT2D eigenvalue weighted by Gasteiger charge is -2.11. The molecule has 2 aromatic carbocycles. The standard InChI is InChI=1S/C18H18O6/c1-22-14-8-7-11(10-16(14)24-3)13(18(20)21)9-12-5-4-6-15(23-2)17(12)19/h4-10,19H,1-3H3,(H,20,21)/b13-9-. The second-order valence-electron chi connectivity index (χ2n) is 4.83. The van der Waals surface area contributed by atoms with E-state index in [2.05, 4.69) is 0 Å². The number of methoxy groups -OCH3 is 3. The van der Waals surface area contributed by atoms with Crippen molar-refractivity contribution in [2.24, 2.45) is 0 Å². The summed E-state index contributed by atoms with van der Waals surface area (Å²) in [5.41, 5.74) is 0.753. The Labute approximate surface area is 139 Å². The summed E-state index contributed by atoms with van der Waals surface area (Å²) in [5.74, 6) is -0.0864. The average molecular weight is 330 g/mol. The summed E-state index contributed by atoms with van der Waals surface area (Å²) in [6.07, 6.45) is 1.38. The van der Waals surface area contributed by atoms with E-state index in [-0.39, 0.29) is 17.1 Å². The molecular weight excluding hydrogens is 312 g/mol. The van der Waals surface area contributed by atoms with Crippen LogP contribution < -0.4 is 14.2 Å². The summed E-state index contributed by atoms with van der Waals surface area (Å²) in [4.78, 5) is 11.7. The highest BCUT2D eigenvalue weighted by atomic mass is 16.5. The monoisotopic (exact) mass is 330 g/mol. The number of carboxylic acid groups (broad SMARTS) is 1. The highest BCUT2D eigenvalue weighted by Crippen LogP contribution is 2.34. The van der Waals surface area contributed by atoms with Gasteiger partial charge in [-0.3, -0.25) is 0 Å². The van der Waals surface area contributed by atoms with Gasteiger partial charge < -0.3 is 24.4 Å². The van der Waals surface area contributed by atoms with Crippen molar-refractivity contribution in [3.05, 3.63) is 47.5 Å². The smallest absolute Gasteiger partial charge is 0.336 e. The first-order valence-electron chi connectivity index (χ1n) is 7.05. The van der Waals surface area contributed by atoms with Crippen molar-refractivity contribution in [3.8, 4) is 23.0 Å². The van der Waals surface area contributed by atoms with Crippen LogP contribution in [0.25, 0.3) is 11.6 Å². The maximum Gasteiger partial charge on any atom is 0.336 e. The van der Waals surface area contributed by atoms with Crippen LogP contribution >= 0.6 is 0 Å². The minimum atomic E-state index is -1.13. The molecule has 0 aliphatic heterocycles. The summed E-state index contributed by atoms with van der Waals surface area (Å²) in [6, 6.07) is 9.65. The van der Waals surface area contributed by atoms with E-state index in [0.29, 0.717) is 22.6 Å². The molecular formula is C18H18O6. The van der Waals surface area contributed by atoms with Gasteiger partial charge in [-0.1, -0.05) is 18.2 Å². The number of ether oxygens (including phenoxy) is 3. The van der Waals surface area contributed by atoms with Gasteiger partial charge in [-0.05, 0) is 29.8 Å². The molecule has 6 heteroatoms. The quantitative estimate of drug-likeness (QED) is 0.625. The first-order chi connectivity index (χ1) is 11.5. The summed E-state index contributed by atoms with van der Waals surface area (Å²) >= 11 is 0. The SMILES string of the molecule is COc1ccc(/C(=C/c2cccc(OC)c2O)C(=O)O)cc1OC. The Balaban J connectivity index is 2.57. The zero-order valence-electron chi connectivity index (χ0n) is 13.6. The number of aromatic hydroxyl groups is 1. The van der Waals surface area contributed by atoms with Crippen LogP contribution in [-0.2, 0) is 4.79 Å². The Morgan fingerprint density at radius 3 is 2.21 bits per heavy atom. The van der Waals surface area contributed by atoms with Gasteiger partial charge in [0.25, 0.3) is 0 Å². The number of phenols is 1. The van der Waals surface area contributed by atoms with Crippen LogP contribution in [0, 0.1) is 0 Å². The van der Waals surface area contributed by atoms with E-state index in [1.807, 2.05) is 0 Å². The number of hydrogen-bond donors (Lipinski definition) is 2. The lowest BCUT2D eigenvalue weighted by molar-refractivity contribution is -0.130. The molecule has 126 valence electrons. The molecule has 0 bridgehead atoms. The van der Waals surface area contributed by atoms with Crippen molar-refractivity contribution < 1.29 is 29.2 Å². The normalized spacial score (nSPS) is 11.0. The fourth-order valence-electron chi connectivity index (χ4n) is 2.25. The molecule has 2 N–H and O–H groups in total. The first-order valence-corrected chi connectivity index (χ1v) is 7.05. The summed E-state index contributed by atoms with van der Waals surface area (Å²) in [7, 11) is 4.40. The first kappa shape index (κ1) is 17.2. The fourth-order valence-corrected chi connectivity index (χ4v) is 2.25. The molecule has 0 fully saturated rings. The Hall–Kier alpha value is -3.15. The molecule has 6 nitrogen and oxygen atoms in total. The van der Waals surface area contributed by atoms with Gasteiger partial charge in [0.1, 0.15) is 0 Å². The van der Waals surface area contributed by atoms with Crippen LogP contribution in [0.2, 0.25) is 0 Å². The van der Waals surface area contributed by atoms with Gasteiger partial charge in [0.2, 0.25) is 0 Å². The predicted molar refractivity (Wildman–Crippen MR) is 89.7 cm³/mol. The molecule has 2 rings (SSSR count).